The smallest absolute Gasteiger partial charge is 0.263 e. The van der Waals surface area contributed by atoms with Gasteiger partial charge >= 0.3 is 0 Å². The van der Waals surface area contributed by atoms with Gasteiger partial charge in [0, 0.05) is 12.6 Å². The zero-order valence-corrected chi connectivity index (χ0v) is 20.5. The number of amides is 1. The normalized spacial score (nSPS) is 15.7. The number of hydrogen-bond donors (Lipinski definition) is 1. The van der Waals surface area contributed by atoms with Gasteiger partial charge in [-0.3, -0.25) is 9.52 Å². The topological polar surface area (TPSA) is 84.9 Å². The van der Waals surface area contributed by atoms with Gasteiger partial charge in [-0.25, -0.2) is 8.42 Å². The fourth-order valence-electron chi connectivity index (χ4n) is 3.35. The minimum Gasteiger partial charge on any atom is -0.497 e. The third-order valence-electron chi connectivity index (χ3n) is 5.27. The molecule has 0 saturated carbocycles. The molecule has 0 aliphatic carbocycles. The predicted octanol–water partition coefficient (Wildman–Crippen LogP) is 4.95. The summed E-state index contributed by atoms with van der Waals surface area (Å²) in [5.41, 5.74) is 0.148. The average Bonchev–Trinajstić information content (AvgIpc) is 2.80. The Bertz CT molecular complexity index is 1120. The zero-order chi connectivity index (χ0) is 23.7. The summed E-state index contributed by atoms with van der Waals surface area (Å²) < 4.78 is 39.5. The lowest BCUT2D eigenvalue weighted by Crippen LogP contribution is -2.42. The van der Waals surface area contributed by atoms with E-state index in [2.05, 4.69) is 18.6 Å². The number of methoxy groups -OCH3 is 1. The molecule has 2 aromatic rings. The quantitative estimate of drug-likeness (QED) is 0.606. The molecule has 1 aliphatic heterocycles. The number of ether oxygens (including phenoxy) is 2. The summed E-state index contributed by atoms with van der Waals surface area (Å²) in [6.45, 7) is 8.63. The van der Waals surface area contributed by atoms with Crippen LogP contribution in [0.2, 0.25) is 5.02 Å². The Morgan fingerprint density at radius 2 is 1.94 bits per heavy atom. The van der Waals surface area contributed by atoms with Gasteiger partial charge in [-0.15, -0.1) is 0 Å². The van der Waals surface area contributed by atoms with E-state index in [1.54, 1.807) is 23.1 Å². The number of nitrogens with one attached hydrogen (secondary N) is 1. The van der Waals surface area contributed by atoms with E-state index in [-0.39, 0.29) is 22.4 Å². The predicted molar refractivity (Wildman–Crippen MR) is 126 cm³/mol. The summed E-state index contributed by atoms with van der Waals surface area (Å²) in [5.74, 6) is 1.34. The number of nitrogens with zero attached hydrogens (tertiary/aromatic N) is 1. The van der Waals surface area contributed by atoms with Crippen molar-refractivity contribution in [3.05, 3.63) is 41.4 Å². The third-order valence-corrected chi connectivity index (χ3v) is 7.14. The summed E-state index contributed by atoms with van der Waals surface area (Å²) in [4.78, 5) is 14.9. The molecule has 174 valence electrons. The Labute approximate surface area is 194 Å². The van der Waals surface area contributed by atoms with Crippen molar-refractivity contribution in [1.82, 2.24) is 0 Å². The van der Waals surface area contributed by atoms with Crippen molar-refractivity contribution in [3.8, 4) is 11.5 Å². The van der Waals surface area contributed by atoms with Gasteiger partial charge in [0.2, 0.25) is 5.91 Å². The first-order valence-corrected chi connectivity index (χ1v) is 12.3. The molecule has 0 bridgehead atoms. The van der Waals surface area contributed by atoms with E-state index in [9.17, 15) is 13.2 Å². The Morgan fingerprint density at radius 1 is 1.22 bits per heavy atom. The van der Waals surface area contributed by atoms with E-state index in [1.807, 2.05) is 13.8 Å². The molecule has 9 heteroatoms. The molecular weight excluding hydrogens is 452 g/mol. The van der Waals surface area contributed by atoms with Gasteiger partial charge < -0.3 is 14.4 Å². The van der Waals surface area contributed by atoms with Gasteiger partial charge in [0.15, 0.2) is 0 Å². The molecule has 0 unspecified atom stereocenters. The maximum Gasteiger partial charge on any atom is 0.263 e. The van der Waals surface area contributed by atoms with Crippen LogP contribution in [0.5, 0.6) is 11.5 Å². The molecule has 1 aliphatic rings. The van der Waals surface area contributed by atoms with Crippen LogP contribution in [0.25, 0.3) is 0 Å². The fourth-order valence-corrected chi connectivity index (χ4v) is 4.94. The van der Waals surface area contributed by atoms with Crippen molar-refractivity contribution in [2.45, 2.75) is 39.0 Å². The molecule has 0 atom stereocenters. The van der Waals surface area contributed by atoms with Crippen molar-refractivity contribution in [2.24, 2.45) is 11.3 Å². The van der Waals surface area contributed by atoms with Gasteiger partial charge in [0.05, 0.1) is 28.9 Å². The summed E-state index contributed by atoms with van der Waals surface area (Å²) >= 11 is 6.17. The molecule has 1 heterocycles. The second kappa shape index (κ2) is 9.19. The first-order valence-electron chi connectivity index (χ1n) is 10.4. The number of carbonyl (C=O) groups is 1. The molecule has 32 heavy (non-hydrogen) atoms. The first kappa shape index (κ1) is 24.2. The van der Waals surface area contributed by atoms with Crippen LogP contribution in [0.15, 0.2) is 41.3 Å². The second-order valence-corrected chi connectivity index (χ2v) is 11.0. The number of fused-ring (bicyclic) bond motifs is 1. The zero-order valence-electron chi connectivity index (χ0n) is 18.9. The maximum absolute atomic E-state index is 13.2. The first-order chi connectivity index (χ1) is 14.9. The minimum absolute atomic E-state index is 0.0467. The molecule has 1 N–H and O–H groups in total. The van der Waals surface area contributed by atoms with Crippen LogP contribution in [0.1, 0.15) is 34.1 Å². The molecule has 0 saturated heterocycles. The second-order valence-electron chi connectivity index (χ2n) is 8.90. The van der Waals surface area contributed by atoms with Crippen LogP contribution < -0.4 is 19.1 Å². The van der Waals surface area contributed by atoms with Crippen molar-refractivity contribution in [1.29, 1.82) is 0 Å². The highest BCUT2D eigenvalue weighted by Gasteiger charge is 2.38. The minimum atomic E-state index is -3.97. The highest BCUT2D eigenvalue weighted by molar-refractivity contribution is 7.92. The molecule has 0 fully saturated rings. The van der Waals surface area contributed by atoms with Crippen molar-refractivity contribution in [3.63, 3.8) is 0 Å². The van der Waals surface area contributed by atoms with Crippen LogP contribution in [0.3, 0.4) is 0 Å². The van der Waals surface area contributed by atoms with E-state index in [4.69, 9.17) is 21.1 Å². The number of sulfonamides is 1. The number of anilines is 2. The van der Waals surface area contributed by atoms with Crippen LogP contribution in [0.4, 0.5) is 11.4 Å². The van der Waals surface area contributed by atoms with Crippen LogP contribution in [-0.4, -0.2) is 34.6 Å². The fraction of sp³-hybridized carbons (Fsp3) is 0.435. The summed E-state index contributed by atoms with van der Waals surface area (Å²) in [6.07, 6.45) is 0.804. The standard InChI is InChI=1S/C23H29ClN2O5S/c1-15(2)10-11-26-19-12-16(6-8-20(19)31-14-23(3,4)22(26)27)25-32(28,29)21-9-7-17(30-5)13-18(21)24/h6-9,12-13,15,25H,10-11,14H2,1-5H3. The van der Waals surface area contributed by atoms with E-state index < -0.39 is 15.4 Å². The van der Waals surface area contributed by atoms with E-state index in [1.165, 1.54) is 25.3 Å². The number of rotatable bonds is 7. The number of benzene rings is 2. The largest absolute Gasteiger partial charge is 0.497 e. The van der Waals surface area contributed by atoms with Crippen molar-refractivity contribution in [2.75, 3.05) is 29.9 Å². The van der Waals surface area contributed by atoms with Gasteiger partial charge in [-0.2, -0.15) is 0 Å². The number of halogens is 1. The molecule has 1 amide bonds. The van der Waals surface area contributed by atoms with Crippen LogP contribution in [-0.2, 0) is 14.8 Å². The highest BCUT2D eigenvalue weighted by Crippen LogP contribution is 2.39. The van der Waals surface area contributed by atoms with Crippen LogP contribution in [0, 0.1) is 11.3 Å². The summed E-state index contributed by atoms with van der Waals surface area (Å²) in [6, 6.07) is 9.27. The third kappa shape index (κ3) is 5.13. The number of hydrogen-bond acceptors (Lipinski definition) is 5. The summed E-state index contributed by atoms with van der Waals surface area (Å²) in [7, 11) is -2.49. The SMILES string of the molecule is COc1ccc(S(=O)(=O)Nc2ccc3c(c2)N(CCC(C)C)C(=O)C(C)(C)CO3)c(Cl)c1. The maximum atomic E-state index is 13.2. The number of carbonyl (C=O) groups excluding carboxylic acids is 1. The van der Waals surface area contributed by atoms with Gasteiger partial charge in [0.25, 0.3) is 10.0 Å². The Balaban J connectivity index is 1.97. The Hall–Kier alpha value is -2.45. The van der Waals surface area contributed by atoms with Crippen LogP contribution >= 0.6 is 11.6 Å². The molecule has 0 radical (unpaired) electrons. The van der Waals surface area contributed by atoms with Gasteiger partial charge in [0.1, 0.15) is 23.0 Å². The lowest BCUT2D eigenvalue weighted by Gasteiger charge is -2.28. The average molecular weight is 481 g/mol. The lowest BCUT2D eigenvalue weighted by molar-refractivity contribution is -0.127. The Morgan fingerprint density at radius 3 is 2.56 bits per heavy atom. The lowest BCUT2D eigenvalue weighted by atomic mass is 9.92. The highest BCUT2D eigenvalue weighted by atomic mass is 35.5. The molecule has 7 nitrogen and oxygen atoms in total. The summed E-state index contributed by atoms with van der Waals surface area (Å²) in [5, 5.41) is 0.0467. The molecule has 0 spiro atoms. The molecular formula is C23H29ClN2O5S. The van der Waals surface area contributed by atoms with E-state index >= 15 is 0 Å². The van der Waals surface area contributed by atoms with Crippen molar-refractivity contribution < 1.29 is 22.7 Å². The van der Waals surface area contributed by atoms with E-state index in [0.29, 0.717) is 35.3 Å². The molecule has 0 aromatic heterocycles. The van der Waals surface area contributed by atoms with E-state index in [0.717, 1.165) is 6.42 Å². The molecule has 2 aromatic carbocycles. The molecule has 3 rings (SSSR count). The van der Waals surface area contributed by atoms with Gasteiger partial charge in [-0.05, 0) is 56.5 Å². The monoisotopic (exact) mass is 480 g/mol. The van der Waals surface area contributed by atoms with Gasteiger partial charge in [-0.1, -0.05) is 25.4 Å². The van der Waals surface area contributed by atoms with Crippen molar-refractivity contribution >= 4 is 38.9 Å². The Kier molecular flexibility index (Phi) is 6.95.